The van der Waals surface area contributed by atoms with Crippen LogP contribution in [0.5, 0.6) is 23.3 Å². The van der Waals surface area contributed by atoms with E-state index in [1.165, 1.54) is 11.1 Å². The number of hydrogen-bond acceptors (Lipinski definition) is 7. The monoisotopic (exact) mass is 758 g/mol. The van der Waals surface area contributed by atoms with E-state index < -0.39 is 5.97 Å². The van der Waals surface area contributed by atoms with Crippen LogP contribution < -0.4 is 14.8 Å². The molecule has 3 heterocycles. The number of carboxylic acids is 1. The van der Waals surface area contributed by atoms with Gasteiger partial charge in [-0.25, -0.2) is 9.97 Å². The quantitative estimate of drug-likeness (QED) is 0.152. The van der Waals surface area contributed by atoms with Gasteiger partial charge >= 0.3 is 5.97 Å². The Morgan fingerprint density at radius 2 is 1.18 bits per heavy atom. The Hall–Kier alpha value is -5.80. The highest BCUT2D eigenvalue weighted by molar-refractivity contribution is 5.92. The summed E-state index contributed by atoms with van der Waals surface area (Å²) >= 11 is 0. The maximum atomic E-state index is 12.5. The molecule has 2 aliphatic carbocycles. The van der Waals surface area contributed by atoms with Gasteiger partial charge in [-0.1, -0.05) is 59.7 Å². The molecule has 284 valence electrons. The van der Waals surface area contributed by atoms with Crippen molar-refractivity contribution >= 4 is 42.1 Å². The molecule has 2 aliphatic rings. The third-order valence-electron chi connectivity index (χ3n) is 9.58. The number of carbonyl (C=O) groups excluding carboxylic acids is 1. The van der Waals surface area contributed by atoms with Gasteiger partial charge in [-0.05, 0) is 124 Å². The van der Waals surface area contributed by atoms with Gasteiger partial charge in [0.1, 0.15) is 11.5 Å². The minimum atomic E-state index is -0.671. The molecule has 7 rings (SSSR count). The minimum absolute atomic E-state index is 0. The Kier molecular flexibility index (Phi) is 14.7. The molecule has 10 heteroatoms. The zero-order valence-electron chi connectivity index (χ0n) is 31.2. The van der Waals surface area contributed by atoms with Crippen molar-refractivity contribution in [3.05, 3.63) is 143 Å². The maximum absolute atomic E-state index is 12.5. The predicted octanol–water partition coefficient (Wildman–Crippen LogP) is 11.1. The number of carbonyl (C=O) groups is 2. The van der Waals surface area contributed by atoms with Crippen molar-refractivity contribution in [1.29, 1.82) is 0 Å². The van der Waals surface area contributed by atoms with Crippen LogP contribution in [-0.2, 0) is 9.59 Å². The minimum Gasteiger partial charge on any atom is -0.481 e. The van der Waals surface area contributed by atoms with Crippen LogP contribution in [0.25, 0.3) is 12.2 Å². The summed E-state index contributed by atoms with van der Waals surface area (Å²) in [6.45, 7) is 3.99. The summed E-state index contributed by atoms with van der Waals surface area (Å²) in [5.41, 5.74) is 7.80. The molecule has 0 spiro atoms. The highest BCUT2D eigenvalue weighted by Gasteiger charge is 2.24. The third kappa shape index (κ3) is 12.6. The van der Waals surface area contributed by atoms with E-state index in [9.17, 15) is 9.59 Å². The van der Waals surface area contributed by atoms with Gasteiger partial charge in [-0.2, -0.15) is 0 Å². The Labute approximate surface area is 329 Å². The van der Waals surface area contributed by atoms with Crippen molar-refractivity contribution in [2.45, 2.75) is 65.2 Å². The van der Waals surface area contributed by atoms with Crippen LogP contribution in [0.15, 0.2) is 121 Å². The molecule has 3 aromatic heterocycles. The SMILES string of the molecule is Cc1ccc(Oc2cccc(C=C3CCC(C(=O)Nc4cccnc4)CC3)c2)nc1.Cc1ccc(Oc2cccc(C=C3CCC(C(=O)O)CC3)c2)nc1.Cl. The standard InChI is InChI=1S/C25H25N3O2.C20H21NO3.ClH/c1-18-7-12-24(27-16-18)30-23-6-2-4-20(15-23)14-19-8-10-21(11-9-19)25(29)28-22-5-3-13-26-17-22;1-14-5-10-19(21-13-14)24-18-4-2-3-16(12-18)11-15-6-8-17(9-7-15)20(22)23;/h2-7,12-17,21H,8-11H2,1H3,(H,28,29);2-5,10-13,17H,6-9H2,1H3,(H,22,23);1H. The zero-order chi connectivity index (χ0) is 37.7. The van der Waals surface area contributed by atoms with Crippen LogP contribution in [-0.4, -0.2) is 31.9 Å². The maximum Gasteiger partial charge on any atom is 0.306 e. The number of hydrogen-bond donors (Lipinski definition) is 2. The summed E-state index contributed by atoms with van der Waals surface area (Å²) in [5.74, 6) is 1.95. The lowest BCUT2D eigenvalue weighted by molar-refractivity contribution is -0.142. The summed E-state index contributed by atoms with van der Waals surface area (Å²) < 4.78 is 11.7. The van der Waals surface area contributed by atoms with Crippen LogP contribution in [0, 0.1) is 25.7 Å². The second-order valence-electron chi connectivity index (χ2n) is 13.9. The number of aryl methyl sites for hydroxylation is 2. The zero-order valence-corrected chi connectivity index (χ0v) is 32.0. The van der Waals surface area contributed by atoms with E-state index in [-0.39, 0.29) is 30.2 Å². The van der Waals surface area contributed by atoms with Crippen molar-refractivity contribution < 1.29 is 24.2 Å². The second-order valence-corrected chi connectivity index (χ2v) is 13.9. The van der Waals surface area contributed by atoms with Crippen molar-refractivity contribution in [2.75, 3.05) is 5.32 Å². The number of benzene rings is 2. The number of pyridine rings is 3. The van der Waals surface area contributed by atoms with Crippen molar-refractivity contribution in [3.63, 3.8) is 0 Å². The highest BCUT2D eigenvalue weighted by atomic mass is 35.5. The van der Waals surface area contributed by atoms with Crippen molar-refractivity contribution in [2.24, 2.45) is 11.8 Å². The largest absolute Gasteiger partial charge is 0.481 e. The number of anilines is 1. The number of carboxylic acid groups (broad SMARTS) is 1. The molecule has 0 bridgehead atoms. The van der Waals surface area contributed by atoms with E-state index in [0.29, 0.717) is 11.8 Å². The van der Waals surface area contributed by atoms with E-state index in [1.54, 1.807) is 24.8 Å². The molecule has 2 fully saturated rings. The molecule has 2 saturated carbocycles. The first-order chi connectivity index (χ1) is 26.3. The lowest BCUT2D eigenvalue weighted by Gasteiger charge is -2.23. The molecule has 0 unspecified atom stereocenters. The van der Waals surface area contributed by atoms with Gasteiger partial charge in [-0.3, -0.25) is 14.6 Å². The van der Waals surface area contributed by atoms with Gasteiger partial charge < -0.3 is 19.9 Å². The molecular formula is C45H47ClN4O5. The number of allylic oxidation sites excluding steroid dienone is 2. The molecule has 9 nitrogen and oxygen atoms in total. The first-order valence-electron chi connectivity index (χ1n) is 18.5. The smallest absolute Gasteiger partial charge is 0.306 e. The van der Waals surface area contributed by atoms with Gasteiger partial charge in [0.15, 0.2) is 0 Å². The molecule has 5 aromatic rings. The first-order valence-corrected chi connectivity index (χ1v) is 18.5. The second kappa shape index (κ2) is 20.0. The van der Waals surface area contributed by atoms with Crippen LogP contribution in [0.2, 0.25) is 0 Å². The lowest BCUT2D eigenvalue weighted by atomic mass is 9.84. The Balaban J connectivity index is 0.000000212. The summed E-state index contributed by atoms with van der Waals surface area (Å²) in [7, 11) is 0. The van der Waals surface area contributed by atoms with Crippen LogP contribution in [0.1, 0.15) is 73.6 Å². The van der Waals surface area contributed by atoms with E-state index in [1.807, 2.05) is 92.7 Å². The number of halogens is 1. The van der Waals surface area contributed by atoms with Crippen LogP contribution in [0.3, 0.4) is 0 Å². The van der Waals surface area contributed by atoms with Gasteiger partial charge in [0.2, 0.25) is 17.7 Å². The van der Waals surface area contributed by atoms with E-state index >= 15 is 0 Å². The normalized spacial score (nSPS) is 16.3. The molecule has 0 saturated heterocycles. The molecule has 0 atom stereocenters. The molecule has 0 aliphatic heterocycles. The van der Waals surface area contributed by atoms with Crippen LogP contribution in [0.4, 0.5) is 5.69 Å². The number of nitrogens with one attached hydrogen (secondary N) is 1. The van der Waals surface area contributed by atoms with Crippen molar-refractivity contribution in [3.8, 4) is 23.3 Å². The fourth-order valence-corrected chi connectivity index (χ4v) is 6.53. The third-order valence-corrected chi connectivity index (χ3v) is 9.58. The van der Waals surface area contributed by atoms with Gasteiger partial charge in [0.05, 0.1) is 17.8 Å². The average molecular weight is 759 g/mol. The number of amides is 1. The molecular weight excluding hydrogens is 712 g/mol. The summed E-state index contributed by atoms with van der Waals surface area (Å²) in [6.07, 6.45) is 18.0. The van der Waals surface area contributed by atoms with Crippen LogP contribution >= 0.6 is 12.4 Å². The predicted molar refractivity (Wildman–Crippen MR) is 219 cm³/mol. The Bertz CT molecular complexity index is 2070. The van der Waals surface area contributed by atoms with E-state index in [2.05, 4.69) is 38.5 Å². The topological polar surface area (TPSA) is 124 Å². The Morgan fingerprint density at radius 3 is 1.62 bits per heavy atom. The summed E-state index contributed by atoms with van der Waals surface area (Å²) in [5, 5.41) is 12.0. The summed E-state index contributed by atoms with van der Waals surface area (Å²) in [6, 6.07) is 27.3. The number of nitrogens with zero attached hydrogens (tertiary/aromatic N) is 3. The van der Waals surface area contributed by atoms with Crippen molar-refractivity contribution in [1.82, 2.24) is 15.0 Å². The van der Waals surface area contributed by atoms with Gasteiger partial charge in [0.25, 0.3) is 0 Å². The summed E-state index contributed by atoms with van der Waals surface area (Å²) in [4.78, 5) is 36.1. The fraction of sp³-hybridized carbons (Fsp3) is 0.267. The van der Waals surface area contributed by atoms with Gasteiger partial charge in [0, 0.05) is 36.6 Å². The van der Waals surface area contributed by atoms with Gasteiger partial charge in [-0.15, -0.1) is 12.4 Å². The van der Waals surface area contributed by atoms with E-state index in [0.717, 1.165) is 90.8 Å². The number of ether oxygens (including phenoxy) is 2. The molecule has 0 radical (unpaired) electrons. The number of aromatic nitrogens is 3. The van der Waals surface area contributed by atoms with E-state index in [4.69, 9.17) is 14.6 Å². The molecule has 1 amide bonds. The Morgan fingerprint density at radius 1 is 0.673 bits per heavy atom. The molecule has 2 N–H and O–H groups in total. The molecule has 55 heavy (non-hydrogen) atoms. The first kappa shape index (κ1) is 40.4. The number of rotatable bonds is 9. The fourth-order valence-electron chi connectivity index (χ4n) is 6.53. The lowest BCUT2D eigenvalue weighted by Crippen LogP contribution is -2.25. The number of aliphatic carboxylic acids is 1. The highest BCUT2D eigenvalue weighted by Crippen LogP contribution is 2.32. The average Bonchev–Trinajstić information content (AvgIpc) is 3.18. The molecule has 2 aromatic carbocycles.